The largest absolute Gasteiger partial charge is 0.336 e. The molecule has 19 heavy (non-hydrogen) atoms. The third kappa shape index (κ3) is 3.47. The minimum atomic E-state index is -0.245. The fourth-order valence-corrected chi connectivity index (χ4v) is 2.61. The standard InChI is InChI=1S/C15H23N3O/c1-12(2)17-14(19)18-15(8-10-16-11-9-15)13-6-4-3-5-7-13/h3-7,12,16H,8-11H2,1-2H3,(H2,17,18,19). The third-order valence-corrected chi connectivity index (χ3v) is 3.56. The SMILES string of the molecule is CC(C)NC(=O)NC1(c2ccccc2)CCNCC1. The van der Waals surface area contributed by atoms with Crippen molar-refractivity contribution >= 4 is 6.03 Å². The molecular weight excluding hydrogens is 238 g/mol. The molecule has 1 aromatic carbocycles. The van der Waals surface area contributed by atoms with E-state index in [1.54, 1.807) is 0 Å². The van der Waals surface area contributed by atoms with Crippen molar-refractivity contribution in [1.82, 2.24) is 16.0 Å². The van der Waals surface area contributed by atoms with Gasteiger partial charge in [0, 0.05) is 6.04 Å². The molecule has 1 heterocycles. The smallest absolute Gasteiger partial charge is 0.315 e. The average molecular weight is 261 g/mol. The number of urea groups is 1. The average Bonchev–Trinajstić information content (AvgIpc) is 2.40. The molecule has 2 rings (SSSR count). The van der Waals surface area contributed by atoms with Gasteiger partial charge in [0.1, 0.15) is 0 Å². The van der Waals surface area contributed by atoms with Gasteiger partial charge >= 0.3 is 6.03 Å². The summed E-state index contributed by atoms with van der Waals surface area (Å²) in [6.45, 7) is 5.79. The van der Waals surface area contributed by atoms with Gasteiger partial charge in [0.25, 0.3) is 0 Å². The third-order valence-electron chi connectivity index (χ3n) is 3.56. The van der Waals surface area contributed by atoms with E-state index in [0.29, 0.717) is 0 Å². The van der Waals surface area contributed by atoms with Gasteiger partial charge in [0.15, 0.2) is 0 Å². The van der Waals surface area contributed by atoms with E-state index in [9.17, 15) is 4.79 Å². The maximum absolute atomic E-state index is 12.1. The molecule has 0 saturated carbocycles. The van der Waals surface area contributed by atoms with Crippen LogP contribution >= 0.6 is 0 Å². The van der Waals surface area contributed by atoms with E-state index in [1.807, 2.05) is 32.0 Å². The van der Waals surface area contributed by atoms with E-state index in [0.717, 1.165) is 25.9 Å². The monoisotopic (exact) mass is 261 g/mol. The number of benzene rings is 1. The first-order valence-electron chi connectivity index (χ1n) is 6.97. The zero-order valence-electron chi connectivity index (χ0n) is 11.7. The Morgan fingerprint density at radius 1 is 1.21 bits per heavy atom. The van der Waals surface area contributed by atoms with Crippen LogP contribution in [-0.2, 0) is 5.54 Å². The number of rotatable bonds is 3. The van der Waals surface area contributed by atoms with E-state index in [4.69, 9.17) is 0 Å². The normalized spacial score (nSPS) is 18.1. The summed E-state index contributed by atoms with van der Waals surface area (Å²) in [7, 11) is 0. The number of nitrogens with one attached hydrogen (secondary N) is 3. The summed E-state index contributed by atoms with van der Waals surface area (Å²) < 4.78 is 0. The van der Waals surface area contributed by atoms with E-state index in [1.165, 1.54) is 5.56 Å². The topological polar surface area (TPSA) is 53.2 Å². The zero-order valence-corrected chi connectivity index (χ0v) is 11.7. The van der Waals surface area contributed by atoms with Crippen molar-refractivity contribution in [3.63, 3.8) is 0 Å². The summed E-state index contributed by atoms with van der Waals surface area (Å²) in [6, 6.07) is 10.3. The Hall–Kier alpha value is -1.55. The second-order valence-electron chi connectivity index (χ2n) is 5.45. The number of hydrogen-bond acceptors (Lipinski definition) is 2. The highest BCUT2D eigenvalue weighted by Gasteiger charge is 2.35. The van der Waals surface area contributed by atoms with Gasteiger partial charge < -0.3 is 16.0 Å². The summed E-state index contributed by atoms with van der Waals surface area (Å²) in [6.07, 6.45) is 1.84. The molecule has 0 atom stereocenters. The Morgan fingerprint density at radius 2 is 1.84 bits per heavy atom. The van der Waals surface area contributed by atoms with Crippen LogP contribution in [0, 0.1) is 0 Å². The summed E-state index contributed by atoms with van der Waals surface area (Å²) in [4.78, 5) is 12.1. The van der Waals surface area contributed by atoms with Crippen molar-refractivity contribution in [3.05, 3.63) is 35.9 Å². The van der Waals surface area contributed by atoms with Gasteiger partial charge in [0.05, 0.1) is 5.54 Å². The highest BCUT2D eigenvalue weighted by atomic mass is 16.2. The fourth-order valence-electron chi connectivity index (χ4n) is 2.61. The van der Waals surface area contributed by atoms with Gasteiger partial charge in [-0.25, -0.2) is 4.79 Å². The maximum atomic E-state index is 12.1. The van der Waals surface area contributed by atoms with Crippen LogP contribution in [0.15, 0.2) is 30.3 Å². The maximum Gasteiger partial charge on any atom is 0.315 e. The lowest BCUT2D eigenvalue weighted by Gasteiger charge is -2.39. The molecule has 2 amide bonds. The number of carbonyl (C=O) groups excluding carboxylic acids is 1. The van der Waals surface area contributed by atoms with Gasteiger partial charge in [-0.3, -0.25) is 0 Å². The molecule has 1 aliphatic rings. The van der Waals surface area contributed by atoms with Crippen LogP contribution in [0.2, 0.25) is 0 Å². The minimum Gasteiger partial charge on any atom is -0.336 e. The second kappa shape index (κ2) is 6.06. The van der Waals surface area contributed by atoms with Crippen molar-refractivity contribution < 1.29 is 4.79 Å². The van der Waals surface area contributed by atoms with Crippen molar-refractivity contribution in [3.8, 4) is 0 Å². The van der Waals surface area contributed by atoms with E-state index < -0.39 is 0 Å². The van der Waals surface area contributed by atoms with Crippen molar-refractivity contribution in [2.45, 2.75) is 38.3 Å². The first-order chi connectivity index (χ1) is 9.12. The lowest BCUT2D eigenvalue weighted by Crippen LogP contribution is -2.55. The Labute approximate surface area is 115 Å². The predicted octanol–water partition coefficient (Wildman–Crippen LogP) is 1.97. The number of piperidine rings is 1. The van der Waals surface area contributed by atoms with E-state index in [2.05, 4.69) is 28.1 Å². The molecule has 1 aliphatic heterocycles. The Kier molecular flexibility index (Phi) is 4.43. The molecule has 4 nitrogen and oxygen atoms in total. The molecule has 3 N–H and O–H groups in total. The zero-order chi connectivity index (χ0) is 13.7. The lowest BCUT2D eigenvalue weighted by molar-refractivity contribution is 0.205. The van der Waals surface area contributed by atoms with Crippen LogP contribution in [0.3, 0.4) is 0 Å². The summed E-state index contributed by atoms with van der Waals surface area (Å²) in [5, 5.41) is 9.46. The summed E-state index contributed by atoms with van der Waals surface area (Å²) in [5.74, 6) is 0. The first-order valence-corrected chi connectivity index (χ1v) is 6.97. The van der Waals surface area contributed by atoms with Crippen LogP contribution in [0.25, 0.3) is 0 Å². The highest BCUT2D eigenvalue weighted by molar-refractivity contribution is 5.75. The van der Waals surface area contributed by atoms with Gasteiger partial charge in [-0.05, 0) is 45.3 Å². The van der Waals surface area contributed by atoms with Crippen LogP contribution in [-0.4, -0.2) is 25.2 Å². The molecule has 104 valence electrons. The molecule has 0 aromatic heterocycles. The van der Waals surface area contributed by atoms with Crippen molar-refractivity contribution in [1.29, 1.82) is 0 Å². The molecule has 1 aromatic rings. The second-order valence-corrected chi connectivity index (χ2v) is 5.45. The fraction of sp³-hybridized carbons (Fsp3) is 0.533. The van der Waals surface area contributed by atoms with Gasteiger partial charge in [0.2, 0.25) is 0 Å². The van der Waals surface area contributed by atoms with Gasteiger partial charge in [-0.15, -0.1) is 0 Å². The quantitative estimate of drug-likeness (QED) is 0.779. The Balaban J connectivity index is 2.18. The van der Waals surface area contributed by atoms with Crippen LogP contribution in [0.1, 0.15) is 32.3 Å². The molecule has 0 bridgehead atoms. The number of hydrogen-bond donors (Lipinski definition) is 3. The van der Waals surface area contributed by atoms with Crippen LogP contribution < -0.4 is 16.0 Å². The summed E-state index contributed by atoms with van der Waals surface area (Å²) >= 11 is 0. The van der Waals surface area contributed by atoms with Crippen LogP contribution in [0.5, 0.6) is 0 Å². The highest BCUT2D eigenvalue weighted by Crippen LogP contribution is 2.30. The Morgan fingerprint density at radius 3 is 2.42 bits per heavy atom. The molecular formula is C15H23N3O. The molecule has 0 unspecified atom stereocenters. The van der Waals surface area contributed by atoms with Crippen LogP contribution in [0.4, 0.5) is 4.79 Å². The van der Waals surface area contributed by atoms with E-state index >= 15 is 0 Å². The van der Waals surface area contributed by atoms with Crippen molar-refractivity contribution in [2.75, 3.05) is 13.1 Å². The predicted molar refractivity (Wildman–Crippen MR) is 77.0 cm³/mol. The number of carbonyl (C=O) groups is 1. The molecule has 1 saturated heterocycles. The first kappa shape index (κ1) is 13.9. The molecule has 0 radical (unpaired) electrons. The minimum absolute atomic E-state index is 0.0826. The number of amides is 2. The summed E-state index contributed by atoms with van der Waals surface area (Å²) in [5.41, 5.74) is 0.946. The van der Waals surface area contributed by atoms with Crippen molar-refractivity contribution in [2.24, 2.45) is 0 Å². The Bertz CT molecular complexity index is 411. The molecule has 1 fully saturated rings. The van der Waals surface area contributed by atoms with Gasteiger partial charge in [-0.1, -0.05) is 30.3 Å². The molecule has 0 spiro atoms. The molecule has 0 aliphatic carbocycles. The lowest BCUT2D eigenvalue weighted by atomic mass is 9.81. The van der Waals surface area contributed by atoms with E-state index in [-0.39, 0.29) is 17.6 Å². The van der Waals surface area contributed by atoms with Gasteiger partial charge in [-0.2, -0.15) is 0 Å². The molecule has 4 heteroatoms.